The molecule has 0 bridgehead atoms. The monoisotopic (exact) mass is 586 g/mol. The van der Waals surface area contributed by atoms with E-state index in [-0.39, 0.29) is 23.6 Å². The maximum Gasteiger partial charge on any atom is 0.416 e. The van der Waals surface area contributed by atoms with Crippen molar-refractivity contribution in [2.24, 2.45) is 0 Å². The lowest BCUT2D eigenvalue weighted by Crippen LogP contribution is -2.43. The first-order chi connectivity index (χ1) is 19.1. The molecule has 0 saturated heterocycles. The van der Waals surface area contributed by atoms with Crippen LogP contribution >= 0.6 is 23.5 Å². The largest absolute Gasteiger partial charge is 0.467 e. The Hall–Kier alpha value is -3.27. The molecule has 40 heavy (non-hydrogen) atoms. The molecule has 1 aromatic heterocycles. The van der Waals surface area contributed by atoms with E-state index in [0.717, 1.165) is 34.9 Å². The van der Waals surface area contributed by atoms with E-state index in [1.165, 1.54) is 29.7 Å². The fourth-order valence-electron chi connectivity index (χ4n) is 5.15. The summed E-state index contributed by atoms with van der Waals surface area (Å²) < 4.78 is 49.7. The highest BCUT2D eigenvalue weighted by Gasteiger charge is 2.37. The third kappa shape index (κ3) is 5.25. The molecule has 0 spiro atoms. The second kappa shape index (κ2) is 11.3. The second-order valence-electron chi connectivity index (χ2n) is 9.56. The Balaban J connectivity index is 1.83. The van der Waals surface area contributed by atoms with Crippen LogP contribution in [0.4, 0.5) is 13.2 Å². The van der Waals surface area contributed by atoms with Crippen molar-refractivity contribution in [3.63, 3.8) is 0 Å². The summed E-state index contributed by atoms with van der Waals surface area (Å²) in [6, 6.07) is 17.5. The number of fused-ring (bicyclic) bond motifs is 2. The van der Waals surface area contributed by atoms with Crippen LogP contribution in [0.1, 0.15) is 36.1 Å². The molecule has 3 aromatic carbocycles. The molecule has 0 aliphatic carbocycles. The van der Waals surface area contributed by atoms with Gasteiger partial charge in [0.1, 0.15) is 16.1 Å². The van der Waals surface area contributed by atoms with E-state index >= 15 is 0 Å². The zero-order valence-corrected chi connectivity index (χ0v) is 23.4. The fourth-order valence-corrected chi connectivity index (χ4v) is 6.76. The Morgan fingerprint density at radius 1 is 1.10 bits per heavy atom. The Morgan fingerprint density at radius 3 is 2.55 bits per heavy atom. The predicted molar refractivity (Wildman–Crippen MR) is 152 cm³/mol. The summed E-state index contributed by atoms with van der Waals surface area (Å²) >= 11 is 8.04. The molecule has 5 rings (SSSR count). The van der Waals surface area contributed by atoms with E-state index in [0.29, 0.717) is 22.7 Å². The molecule has 10 heteroatoms. The number of rotatable bonds is 6. The van der Waals surface area contributed by atoms with Gasteiger partial charge in [-0.25, -0.2) is 9.10 Å². The standard InChI is InChI=1S/C30H26ClF3N2O3S/c1-3-14-35-17-24(29(38)39-2)36-27(37)26(31)23(16-19-10-6-9-18-8-4-5-13-22(18)19)25(28(36)40-35)20-11-7-12-21(15-20)30(32,33)34/h4-13,15,24H,3,14,16-17H2,1-2H3. The van der Waals surface area contributed by atoms with E-state index in [1.54, 1.807) is 6.07 Å². The number of aromatic nitrogens is 1. The lowest BCUT2D eigenvalue weighted by molar-refractivity contribution is -0.145. The van der Waals surface area contributed by atoms with Crippen molar-refractivity contribution in [1.29, 1.82) is 0 Å². The minimum absolute atomic E-state index is 0.137. The summed E-state index contributed by atoms with van der Waals surface area (Å²) in [6.07, 6.45) is -3.61. The number of ether oxygens (including phenoxy) is 1. The van der Waals surface area contributed by atoms with Crippen LogP contribution in [0, 0.1) is 0 Å². The number of alkyl halides is 3. The van der Waals surface area contributed by atoms with E-state index in [1.807, 2.05) is 53.7 Å². The molecule has 208 valence electrons. The van der Waals surface area contributed by atoms with E-state index < -0.39 is 29.3 Å². The SMILES string of the molecule is CCCN1CC(C(=O)OC)n2c(c(-c3cccc(C(F)(F)F)c3)c(Cc3cccc4ccccc34)c(Cl)c2=O)S1. The van der Waals surface area contributed by atoms with Crippen LogP contribution in [0.5, 0.6) is 0 Å². The quantitative estimate of drug-likeness (QED) is 0.174. The second-order valence-corrected chi connectivity index (χ2v) is 11.0. The number of hydrogen-bond donors (Lipinski definition) is 0. The summed E-state index contributed by atoms with van der Waals surface area (Å²) in [5.74, 6) is -0.627. The van der Waals surface area contributed by atoms with Crippen LogP contribution in [0.3, 0.4) is 0 Å². The van der Waals surface area contributed by atoms with Crippen LogP contribution in [-0.2, 0) is 22.1 Å². The molecule has 1 atom stereocenters. The number of carbonyl (C=O) groups is 1. The highest BCUT2D eigenvalue weighted by molar-refractivity contribution is 7.97. The van der Waals surface area contributed by atoms with Gasteiger partial charge in [0.2, 0.25) is 0 Å². The van der Waals surface area contributed by atoms with Crippen LogP contribution in [-0.4, -0.2) is 35.0 Å². The molecular formula is C30H26ClF3N2O3S. The molecule has 0 saturated carbocycles. The van der Waals surface area contributed by atoms with Gasteiger partial charge < -0.3 is 4.74 Å². The topological polar surface area (TPSA) is 51.5 Å². The molecule has 2 heterocycles. The number of carbonyl (C=O) groups excluding carboxylic acids is 1. The van der Waals surface area contributed by atoms with Crippen LogP contribution < -0.4 is 5.56 Å². The summed E-state index contributed by atoms with van der Waals surface area (Å²) in [5, 5.41) is 2.16. The zero-order valence-electron chi connectivity index (χ0n) is 21.8. The normalized spacial score (nSPS) is 15.7. The Morgan fingerprint density at radius 2 is 1.82 bits per heavy atom. The minimum atomic E-state index is -4.57. The van der Waals surface area contributed by atoms with Gasteiger partial charge in [0.15, 0.2) is 0 Å². The van der Waals surface area contributed by atoms with Crippen LogP contribution in [0.25, 0.3) is 21.9 Å². The first kappa shape index (κ1) is 28.3. The van der Waals surface area contributed by atoms with Crippen molar-refractivity contribution >= 4 is 40.3 Å². The van der Waals surface area contributed by atoms with Gasteiger partial charge >= 0.3 is 12.1 Å². The first-order valence-electron chi connectivity index (χ1n) is 12.8. The Bertz CT molecular complexity index is 1650. The van der Waals surface area contributed by atoms with Crippen molar-refractivity contribution in [2.45, 2.75) is 37.0 Å². The number of hydrogen-bond acceptors (Lipinski definition) is 5. The molecule has 0 fully saturated rings. The number of methoxy groups -OCH3 is 1. The number of halogens is 4. The molecule has 1 aliphatic rings. The fraction of sp³-hybridized carbons (Fsp3) is 0.267. The van der Waals surface area contributed by atoms with Crippen molar-refractivity contribution in [1.82, 2.24) is 8.87 Å². The van der Waals surface area contributed by atoms with Gasteiger partial charge in [0, 0.05) is 25.1 Å². The van der Waals surface area contributed by atoms with Crippen molar-refractivity contribution < 1.29 is 22.7 Å². The smallest absolute Gasteiger partial charge is 0.416 e. The zero-order chi connectivity index (χ0) is 28.6. The number of esters is 1. The van der Waals surface area contributed by atoms with Crippen LogP contribution in [0.15, 0.2) is 76.6 Å². The van der Waals surface area contributed by atoms with Crippen molar-refractivity contribution in [3.05, 3.63) is 98.8 Å². The predicted octanol–water partition coefficient (Wildman–Crippen LogP) is 7.38. The lowest BCUT2D eigenvalue weighted by atomic mass is 9.92. The molecule has 1 aliphatic heterocycles. The summed E-state index contributed by atoms with van der Waals surface area (Å²) in [7, 11) is 1.24. The maximum absolute atomic E-state index is 13.8. The third-order valence-electron chi connectivity index (χ3n) is 6.98. The molecule has 4 aromatic rings. The molecular weight excluding hydrogens is 561 g/mol. The Kier molecular flexibility index (Phi) is 7.99. The van der Waals surface area contributed by atoms with Crippen LogP contribution in [0.2, 0.25) is 5.02 Å². The van der Waals surface area contributed by atoms with E-state index in [9.17, 15) is 22.8 Å². The third-order valence-corrected chi connectivity index (χ3v) is 8.54. The van der Waals surface area contributed by atoms with Gasteiger partial charge in [0.05, 0.1) is 12.7 Å². The highest BCUT2D eigenvalue weighted by atomic mass is 35.5. The number of benzene rings is 3. The number of nitrogens with zero attached hydrogens (tertiary/aromatic N) is 2. The van der Waals surface area contributed by atoms with Gasteiger partial charge in [-0.1, -0.05) is 73.1 Å². The molecule has 5 nitrogen and oxygen atoms in total. The van der Waals surface area contributed by atoms with E-state index in [4.69, 9.17) is 16.3 Å². The summed E-state index contributed by atoms with van der Waals surface area (Å²) in [4.78, 5) is 26.7. The molecule has 0 amide bonds. The van der Waals surface area contributed by atoms with Gasteiger partial charge in [-0.3, -0.25) is 9.36 Å². The highest BCUT2D eigenvalue weighted by Crippen LogP contribution is 2.44. The molecule has 0 N–H and O–H groups in total. The van der Waals surface area contributed by atoms with Crippen molar-refractivity contribution in [3.8, 4) is 11.1 Å². The van der Waals surface area contributed by atoms with Gasteiger partial charge in [-0.2, -0.15) is 13.2 Å². The first-order valence-corrected chi connectivity index (χ1v) is 13.9. The maximum atomic E-state index is 13.8. The average molecular weight is 587 g/mol. The van der Waals surface area contributed by atoms with Gasteiger partial charge in [0.25, 0.3) is 5.56 Å². The van der Waals surface area contributed by atoms with Crippen molar-refractivity contribution in [2.75, 3.05) is 20.2 Å². The van der Waals surface area contributed by atoms with E-state index in [2.05, 4.69) is 0 Å². The molecule has 1 unspecified atom stereocenters. The molecule has 0 radical (unpaired) electrons. The van der Waals surface area contributed by atoms with Gasteiger partial charge in [-0.05, 0) is 58.0 Å². The average Bonchev–Trinajstić information content (AvgIpc) is 2.95. The Labute approximate surface area is 238 Å². The minimum Gasteiger partial charge on any atom is -0.467 e. The summed E-state index contributed by atoms with van der Waals surface area (Å²) in [5.41, 5.74) is 0.518. The number of pyridine rings is 1. The van der Waals surface area contributed by atoms with Gasteiger partial charge in [-0.15, -0.1) is 0 Å². The summed E-state index contributed by atoms with van der Waals surface area (Å²) in [6.45, 7) is 2.77. The lowest BCUT2D eigenvalue weighted by Gasteiger charge is -2.35.